The lowest BCUT2D eigenvalue weighted by molar-refractivity contribution is -0.0140. The molecule has 33 heavy (non-hydrogen) atoms. The Hall–Kier alpha value is -1.90. The summed E-state index contributed by atoms with van der Waals surface area (Å²) in [4.78, 5) is 16.3. The Labute approximate surface area is 196 Å². The molecular formula is C25H35N3O4S. The molecule has 7 nitrogen and oxygen atoms in total. The molecule has 1 aromatic heterocycles. The molecule has 3 fully saturated rings. The summed E-state index contributed by atoms with van der Waals surface area (Å²) in [6.07, 6.45) is 4.90. The number of hydrogen-bond acceptors (Lipinski definition) is 5. The number of piperidine rings is 2. The molecule has 4 bridgehead atoms. The van der Waals surface area contributed by atoms with E-state index in [2.05, 4.69) is 11.8 Å². The molecule has 8 heteroatoms. The molecule has 0 spiro atoms. The lowest BCUT2D eigenvalue weighted by Gasteiger charge is -2.53. The first-order valence-corrected chi connectivity index (χ1v) is 13.9. The summed E-state index contributed by atoms with van der Waals surface area (Å²) in [5.41, 5.74) is 3.18. The van der Waals surface area contributed by atoms with Crippen molar-refractivity contribution in [3.8, 4) is 5.75 Å². The maximum atomic E-state index is 13.6. The topological polar surface area (TPSA) is 82.8 Å². The van der Waals surface area contributed by atoms with Crippen molar-refractivity contribution in [3.05, 3.63) is 29.5 Å². The molecule has 6 rings (SSSR count). The van der Waals surface area contributed by atoms with E-state index in [1.54, 1.807) is 12.1 Å². The van der Waals surface area contributed by atoms with Crippen LogP contribution in [0.2, 0.25) is 0 Å². The van der Waals surface area contributed by atoms with Gasteiger partial charge in [0.25, 0.3) is 0 Å². The minimum Gasteiger partial charge on any atom is -0.508 e. The molecule has 2 aromatic rings. The fourth-order valence-electron chi connectivity index (χ4n) is 6.81. The summed E-state index contributed by atoms with van der Waals surface area (Å²) in [6, 6.07) is 5.76. The van der Waals surface area contributed by atoms with E-state index in [1.807, 2.05) is 10.6 Å². The zero-order chi connectivity index (χ0) is 23.5. The number of benzene rings is 1. The molecule has 1 aliphatic carbocycles. The van der Waals surface area contributed by atoms with E-state index in [-0.39, 0.29) is 23.8 Å². The Morgan fingerprint density at radius 2 is 2.03 bits per heavy atom. The molecule has 0 amide bonds. The highest BCUT2D eigenvalue weighted by atomic mass is 32.2. The van der Waals surface area contributed by atoms with Gasteiger partial charge in [-0.3, -0.25) is 14.3 Å². The molecule has 2 saturated heterocycles. The van der Waals surface area contributed by atoms with E-state index in [0.717, 1.165) is 48.9 Å². The highest BCUT2D eigenvalue weighted by molar-refractivity contribution is 7.89. The van der Waals surface area contributed by atoms with Crippen molar-refractivity contribution in [1.29, 1.82) is 0 Å². The van der Waals surface area contributed by atoms with E-state index in [0.29, 0.717) is 30.2 Å². The van der Waals surface area contributed by atoms with Crippen LogP contribution in [0.5, 0.6) is 5.75 Å². The Morgan fingerprint density at radius 3 is 2.76 bits per heavy atom. The van der Waals surface area contributed by atoms with Gasteiger partial charge in [0.05, 0.1) is 11.3 Å². The monoisotopic (exact) mass is 473 g/mol. The standard InChI is InChI=1S/C25H35N3O4S/c1-4-17-12-16-13-21-24(17)27(15-16)10-9-19-20-14-18(29)7-8-22(20)28(25(19)21)23(30)6-5-11-33(31,32)26(2)3/h7-8,14,16-17,21,24,29H,4-6,9-13,15H2,1-3H3. The van der Waals surface area contributed by atoms with E-state index in [1.165, 1.54) is 30.4 Å². The fraction of sp³-hybridized carbons (Fsp3) is 0.640. The van der Waals surface area contributed by atoms with Crippen molar-refractivity contribution in [1.82, 2.24) is 13.8 Å². The normalized spacial score (nSPS) is 28.8. The molecular weight excluding hydrogens is 438 g/mol. The number of aromatic hydroxyl groups is 1. The maximum absolute atomic E-state index is 13.6. The third-order valence-corrected chi connectivity index (χ3v) is 10.2. The van der Waals surface area contributed by atoms with Gasteiger partial charge in [-0.15, -0.1) is 0 Å². The summed E-state index contributed by atoms with van der Waals surface area (Å²) < 4.78 is 27.5. The molecule has 5 unspecified atom stereocenters. The number of phenolic OH excluding ortho intramolecular Hbond substituents is 1. The first-order valence-electron chi connectivity index (χ1n) is 12.2. The van der Waals surface area contributed by atoms with Crippen molar-refractivity contribution in [2.45, 2.75) is 57.4 Å². The number of carbonyl (C=O) groups excluding carboxylic acids is 1. The highest BCUT2D eigenvalue weighted by Crippen LogP contribution is 2.52. The van der Waals surface area contributed by atoms with Crippen molar-refractivity contribution < 1.29 is 18.3 Å². The molecule has 4 aliphatic rings. The molecule has 0 radical (unpaired) electrons. The van der Waals surface area contributed by atoms with Gasteiger partial charge < -0.3 is 5.11 Å². The fourth-order valence-corrected chi connectivity index (χ4v) is 7.68. The van der Waals surface area contributed by atoms with Crippen LogP contribution in [-0.2, 0) is 16.4 Å². The number of phenols is 1. The van der Waals surface area contributed by atoms with Crippen LogP contribution >= 0.6 is 0 Å². The molecule has 3 aliphatic heterocycles. The van der Waals surface area contributed by atoms with E-state index < -0.39 is 10.0 Å². The minimum absolute atomic E-state index is 0.0340. The molecule has 1 N–H and O–H groups in total. The minimum atomic E-state index is -3.33. The van der Waals surface area contributed by atoms with Crippen LogP contribution in [0.25, 0.3) is 10.9 Å². The van der Waals surface area contributed by atoms with Crippen LogP contribution in [-0.4, -0.2) is 72.2 Å². The summed E-state index contributed by atoms with van der Waals surface area (Å²) in [7, 11) is -0.283. The number of rotatable bonds is 6. The first kappa shape index (κ1) is 22.9. The van der Waals surface area contributed by atoms with E-state index >= 15 is 0 Å². The second kappa shape index (κ2) is 8.40. The van der Waals surface area contributed by atoms with Crippen LogP contribution in [0.1, 0.15) is 61.0 Å². The largest absolute Gasteiger partial charge is 0.508 e. The first-order chi connectivity index (χ1) is 15.7. The van der Waals surface area contributed by atoms with Gasteiger partial charge in [0.15, 0.2) is 0 Å². The van der Waals surface area contributed by atoms with Crippen molar-refractivity contribution in [3.63, 3.8) is 0 Å². The number of hydrogen-bond donors (Lipinski definition) is 1. The summed E-state index contributed by atoms with van der Waals surface area (Å²) >= 11 is 0. The van der Waals surface area contributed by atoms with Gasteiger partial charge in [-0.25, -0.2) is 12.7 Å². The van der Waals surface area contributed by atoms with Crippen LogP contribution in [0.4, 0.5) is 0 Å². The van der Waals surface area contributed by atoms with E-state index in [9.17, 15) is 18.3 Å². The van der Waals surface area contributed by atoms with Crippen LogP contribution in [0.15, 0.2) is 18.2 Å². The second-order valence-corrected chi connectivity index (χ2v) is 12.6. The van der Waals surface area contributed by atoms with Gasteiger partial charge in [0, 0.05) is 56.6 Å². The Bertz CT molecular complexity index is 1190. The predicted octanol–water partition coefficient (Wildman–Crippen LogP) is 3.42. The zero-order valence-electron chi connectivity index (χ0n) is 19.8. The SMILES string of the molecule is CCC1CC2CC3c4c(c5cc(O)ccc5n4C(=O)CCCS(=O)(=O)N(C)C)CCN(C2)C13. The van der Waals surface area contributed by atoms with Crippen molar-refractivity contribution in [2.75, 3.05) is 32.9 Å². The van der Waals surface area contributed by atoms with E-state index in [4.69, 9.17) is 0 Å². The summed E-state index contributed by atoms with van der Waals surface area (Å²) in [5, 5.41) is 11.2. The number of nitrogens with zero attached hydrogens (tertiary/aromatic N) is 3. The van der Waals surface area contributed by atoms with Gasteiger partial charge >= 0.3 is 0 Å². The van der Waals surface area contributed by atoms with Gasteiger partial charge in [-0.05, 0) is 61.3 Å². The average Bonchev–Trinajstić information content (AvgIpc) is 3.04. The molecule has 5 atom stereocenters. The second-order valence-electron chi connectivity index (χ2n) is 10.3. The number of fused-ring (bicyclic) bond motifs is 4. The zero-order valence-corrected chi connectivity index (χ0v) is 20.6. The van der Waals surface area contributed by atoms with Crippen LogP contribution < -0.4 is 0 Å². The average molecular weight is 474 g/mol. The van der Waals surface area contributed by atoms with Gasteiger partial charge in [-0.1, -0.05) is 13.3 Å². The Morgan fingerprint density at radius 1 is 1.24 bits per heavy atom. The lowest BCUT2D eigenvalue weighted by atomic mass is 9.65. The van der Waals surface area contributed by atoms with Crippen molar-refractivity contribution >= 4 is 26.8 Å². The lowest BCUT2D eigenvalue weighted by Crippen LogP contribution is -2.56. The summed E-state index contributed by atoms with van der Waals surface area (Å²) in [6.45, 7) is 4.43. The number of sulfonamides is 1. The Balaban J connectivity index is 1.57. The highest BCUT2D eigenvalue weighted by Gasteiger charge is 2.49. The van der Waals surface area contributed by atoms with Crippen LogP contribution in [0, 0.1) is 11.8 Å². The van der Waals surface area contributed by atoms with Gasteiger partial charge in [0.1, 0.15) is 5.75 Å². The quantitative estimate of drug-likeness (QED) is 0.695. The van der Waals surface area contributed by atoms with Gasteiger partial charge in [0.2, 0.25) is 15.9 Å². The third kappa shape index (κ3) is 3.80. The van der Waals surface area contributed by atoms with Crippen LogP contribution in [0.3, 0.4) is 0 Å². The molecule has 180 valence electrons. The summed E-state index contributed by atoms with van der Waals surface area (Å²) in [5.74, 6) is 1.76. The smallest absolute Gasteiger partial charge is 0.231 e. The maximum Gasteiger partial charge on any atom is 0.231 e. The number of aromatic nitrogens is 1. The predicted molar refractivity (Wildman–Crippen MR) is 129 cm³/mol. The van der Waals surface area contributed by atoms with Gasteiger partial charge in [-0.2, -0.15) is 0 Å². The number of carbonyl (C=O) groups is 1. The molecule has 1 aromatic carbocycles. The van der Waals surface area contributed by atoms with Crippen molar-refractivity contribution in [2.24, 2.45) is 11.8 Å². The molecule has 1 saturated carbocycles. The Kier molecular flexibility index (Phi) is 5.82. The third-order valence-electron chi connectivity index (χ3n) is 8.25. The molecule has 4 heterocycles.